The summed E-state index contributed by atoms with van der Waals surface area (Å²) in [5.41, 5.74) is 3.23. The standard InChI is InChI=1S/C26H24ClF2N5O/c1-15-4-3-5-23(32-15)17-6-7-20(22(27)11-17)21-10-18-12-31-16(2)33-24(18)34(25(21)35)13-19-8-9-30-14-26(19,28)29/h3-7,10-12,19,30H,8-9,13-14H2,1-2H3. The molecule has 1 atom stereocenters. The first-order valence-corrected chi connectivity index (χ1v) is 11.8. The molecule has 1 N–H and O–H groups in total. The van der Waals surface area contributed by atoms with Crippen LogP contribution in [0.1, 0.15) is 17.9 Å². The average molecular weight is 496 g/mol. The summed E-state index contributed by atoms with van der Waals surface area (Å²) in [7, 11) is 0. The fraction of sp³-hybridized carbons (Fsp3) is 0.308. The topological polar surface area (TPSA) is 72.7 Å². The van der Waals surface area contributed by atoms with Crippen LogP contribution in [0, 0.1) is 19.8 Å². The summed E-state index contributed by atoms with van der Waals surface area (Å²) in [6.07, 6.45) is 1.87. The Morgan fingerprint density at radius 1 is 1.14 bits per heavy atom. The van der Waals surface area contributed by atoms with Crippen LogP contribution in [0.2, 0.25) is 5.02 Å². The summed E-state index contributed by atoms with van der Waals surface area (Å²) >= 11 is 6.66. The number of aryl methyl sites for hydroxylation is 2. The van der Waals surface area contributed by atoms with Crippen molar-refractivity contribution in [1.29, 1.82) is 0 Å². The van der Waals surface area contributed by atoms with E-state index in [9.17, 15) is 13.6 Å². The van der Waals surface area contributed by atoms with Gasteiger partial charge in [0.2, 0.25) is 0 Å². The lowest BCUT2D eigenvalue weighted by molar-refractivity contribution is -0.0787. The Morgan fingerprint density at radius 2 is 1.97 bits per heavy atom. The van der Waals surface area contributed by atoms with Crippen LogP contribution in [-0.2, 0) is 6.54 Å². The fourth-order valence-corrected chi connectivity index (χ4v) is 4.82. The number of hydrogen-bond donors (Lipinski definition) is 1. The number of pyridine rings is 2. The maximum absolute atomic E-state index is 14.6. The van der Waals surface area contributed by atoms with Gasteiger partial charge in [0.15, 0.2) is 0 Å². The minimum Gasteiger partial charge on any atom is -0.311 e. The van der Waals surface area contributed by atoms with Gasteiger partial charge in [0, 0.05) is 51.5 Å². The van der Waals surface area contributed by atoms with Crippen LogP contribution in [0.15, 0.2) is 53.5 Å². The Balaban J connectivity index is 1.64. The molecule has 9 heteroatoms. The van der Waals surface area contributed by atoms with E-state index in [2.05, 4.69) is 20.3 Å². The summed E-state index contributed by atoms with van der Waals surface area (Å²) < 4.78 is 30.7. The highest BCUT2D eigenvalue weighted by atomic mass is 35.5. The van der Waals surface area contributed by atoms with Crippen molar-refractivity contribution >= 4 is 22.6 Å². The number of benzene rings is 1. The van der Waals surface area contributed by atoms with Gasteiger partial charge < -0.3 is 5.32 Å². The Morgan fingerprint density at radius 3 is 2.71 bits per heavy atom. The molecule has 1 fully saturated rings. The monoisotopic (exact) mass is 495 g/mol. The summed E-state index contributed by atoms with van der Waals surface area (Å²) in [5.74, 6) is -3.45. The molecule has 0 bridgehead atoms. The summed E-state index contributed by atoms with van der Waals surface area (Å²) in [5, 5.41) is 3.69. The molecule has 4 heterocycles. The average Bonchev–Trinajstić information content (AvgIpc) is 2.82. The van der Waals surface area contributed by atoms with Gasteiger partial charge in [-0.05, 0) is 51.1 Å². The van der Waals surface area contributed by atoms with Crippen molar-refractivity contribution in [2.75, 3.05) is 13.1 Å². The molecule has 1 saturated heterocycles. The van der Waals surface area contributed by atoms with Crippen molar-refractivity contribution in [2.24, 2.45) is 5.92 Å². The Kier molecular flexibility index (Phi) is 6.11. The first-order chi connectivity index (χ1) is 16.7. The summed E-state index contributed by atoms with van der Waals surface area (Å²) in [6.45, 7) is 3.54. The smallest absolute Gasteiger partial charge is 0.264 e. The van der Waals surface area contributed by atoms with Crippen LogP contribution >= 0.6 is 11.6 Å². The lowest BCUT2D eigenvalue weighted by Gasteiger charge is -2.32. The van der Waals surface area contributed by atoms with Crippen molar-refractivity contribution in [2.45, 2.75) is 32.7 Å². The van der Waals surface area contributed by atoms with E-state index in [1.807, 2.05) is 31.2 Å². The molecule has 1 aromatic carbocycles. The van der Waals surface area contributed by atoms with Gasteiger partial charge in [0.05, 0.1) is 12.2 Å². The van der Waals surface area contributed by atoms with Gasteiger partial charge in [0.1, 0.15) is 11.5 Å². The van der Waals surface area contributed by atoms with Gasteiger partial charge in [0.25, 0.3) is 11.5 Å². The quantitative estimate of drug-likeness (QED) is 0.429. The molecule has 4 aromatic rings. The second-order valence-corrected chi connectivity index (χ2v) is 9.36. The maximum Gasteiger partial charge on any atom is 0.264 e. The molecule has 5 rings (SSSR count). The molecule has 0 spiro atoms. The second kappa shape index (κ2) is 9.09. The van der Waals surface area contributed by atoms with E-state index in [1.54, 1.807) is 31.3 Å². The predicted octanol–water partition coefficient (Wildman–Crippen LogP) is 5.04. The molecule has 180 valence electrons. The zero-order valence-corrected chi connectivity index (χ0v) is 20.1. The van der Waals surface area contributed by atoms with Crippen molar-refractivity contribution in [3.63, 3.8) is 0 Å². The highest BCUT2D eigenvalue weighted by Gasteiger charge is 2.42. The van der Waals surface area contributed by atoms with Crippen molar-refractivity contribution in [3.05, 3.63) is 75.6 Å². The van der Waals surface area contributed by atoms with Crippen LogP contribution in [0.25, 0.3) is 33.4 Å². The zero-order chi connectivity index (χ0) is 24.7. The van der Waals surface area contributed by atoms with Gasteiger partial charge in [-0.1, -0.05) is 29.8 Å². The Labute approximate surface area is 206 Å². The fourth-order valence-electron chi connectivity index (χ4n) is 4.54. The number of fused-ring (bicyclic) bond motifs is 1. The van der Waals surface area contributed by atoms with E-state index < -0.39 is 23.9 Å². The normalized spacial score (nSPS) is 17.6. The van der Waals surface area contributed by atoms with E-state index >= 15 is 0 Å². The van der Waals surface area contributed by atoms with Crippen LogP contribution in [0.3, 0.4) is 0 Å². The third-order valence-corrected chi connectivity index (χ3v) is 6.73. The zero-order valence-electron chi connectivity index (χ0n) is 19.4. The molecule has 0 amide bonds. The molecule has 0 radical (unpaired) electrons. The minimum atomic E-state index is -2.93. The van der Waals surface area contributed by atoms with E-state index in [-0.39, 0.29) is 13.0 Å². The molecular weight excluding hydrogens is 472 g/mol. The maximum atomic E-state index is 14.6. The molecule has 6 nitrogen and oxygen atoms in total. The molecule has 0 aliphatic carbocycles. The lowest BCUT2D eigenvalue weighted by Crippen LogP contribution is -2.48. The first kappa shape index (κ1) is 23.5. The number of hydrogen-bond acceptors (Lipinski definition) is 5. The van der Waals surface area contributed by atoms with Crippen LogP contribution in [0.5, 0.6) is 0 Å². The number of nitrogens with zero attached hydrogens (tertiary/aromatic N) is 4. The van der Waals surface area contributed by atoms with Gasteiger partial charge in [-0.2, -0.15) is 0 Å². The lowest BCUT2D eigenvalue weighted by atomic mass is 9.93. The van der Waals surface area contributed by atoms with Gasteiger partial charge >= 0.3 is 0 Å². The molecule has 1 unspecified atom stereocenters. The van der Waals surface area contributed by atoms with Crippen LogP contribution < -0.4 is 10.9 Å². The molecule has 1 aliphatic rings. The Hall–Kier alpha value is -3.23. The Bertz CT molecular complexity index is 1490. The molecular formula is C26H24ClF2N5O. The number of alkyl halides is 2. The third kappa shape index (κ3) is 4.56. The van der Waals surface area contributed by atoms with Gasteiger partial charge in [-0.25, -0.2) is 18.7 Å². The van der Waals surface area contributed by atoms with Crippen LogP contribution in [0.4, 0.5) is 8.78 Å². The van der Waals surface area contributed by atoms with E-state index in [0.29, 0.717) is 39.6 Å². The van der Waals surface area contributed by atoms with Crippen LogP contribution in [-0.4, -0.2) is 38.5 Å². The number of aromatic nitrogens is 4. The molecule has 1 aliphatic heterocycles. The second-order valence-electron chi connectivity index (χ2n) is 8.95. The molecule has 3 aromatic heterocycles. The molecule has 35 heavy (non-hydrogen) atoms. The number of piperidine rings is 1. The van der Waals surface area contributed by atoms with Gasteiger partial charge in [-0.15, -0.1) is 0 Å². The summed E-state index contributed by atoms with van der Waals surface area (Å²) in [4.78, 5) is 26.9. The summed E-state index contributed by atoms with van der Waals surface area (Å²) in [6, 6.07) is 12.8. The SMILES string of the molecule is Cc1cccc(-c2ccc(-c3cc4cnc(C)nc4n(CC4CCNCC4(F)F)c3=O)c(Cl)c2)n1. The van der Waals surface area contributed by atoms with Gasteiger partial charge in [-0.3, -0.25) is 14.3 Å². The number of nitrogens with one attached hydrogen (secondary N) is 1. The van der Waals surface area contributed by atoms with E-state index in [1.165, 1.54) is 4.57 Å². The van der Waals surface area contributed by atoms with Crippen molar-refractivity contribution in [3.8, 4) is 22.4 Å². The highest BCUT2D eigenvalue weighted by Crippen LogP contribution is 2.34. The minimum absolute atomic E-state index is 0.142. The largest absolute Gasteiger partial charge is 0.311 e. The first-order valence-electron chi connectivity index (χ1n) is 11.4. The van der Waals surface area contributed by atoms with E-state index in [0.717, 1.165) is 17.0 Å². The number of rotatable bonds is 4. The van der Waals surface area contributed by atoms with Crippen molar-refractivity contribution < 1.29 is 8.78 Å². The molecule has 0 saturated carbocycles. The highest BCUT2D eigenvalue weighted by molar-refractivity contribution is 6.33. The number of halogens is 3. The van der Waals surface area contributed by atoms with E-state index in [4.69, 9.17) is 11.6 Å². The predicted molar refractivity (Wildman–Crippen MR) is 133 cm³/mol. The van der Waals surface area contributed by atoms with Crippen molar-refractivity contribution in [1.82, 2.24) is 24.8 Å². The third-order valence-electron chi connectivity index (χ3n) is 6.42.